The lowest BCUT2D eigenvalue weighted by Crippen LogP contribution is -2.13. The Balaban J connectivity index is 2.47. The molecule has 0 aliphatic carbocycles. The number of fused-ring (bicyclic) bond motifs is 1. The van der Waals surface area contributed by atoms with Crippen molar-refractivity contribution in [2.45, 2.75) is 4.90 Å². The molecule has 0 aliphatic heterocycles. The Morgan fingerprint density at radius 1 is 0.808 bits per heavy atom. The van der Waals surface area contributed by atoms with E-state index in [2.05, 4.69) is 0 Å². The van der Waals surface area contributed by atoms with Crippen LogP contribution in [-0.2, 0) is 10.1 Å². The van der Waals surface area contributed by atoms with Crippen LogP contribution in [0.1, 0.15) is 20.7 Å². The van der Waals surface area contributed by atoms with Gasteiger partial charge >= 0.3 is 11.9 Å². The summed E-state index contributed by atoms with van der Waals surface area (Å²) in [6.45, 7) is 0. The van der Waals surface area contributed by atoms with Crippen molar-refractivity contribution >= 4 is 32.8 Å². The predicted octanol–water partition coefficient (Wildman–Crippen LogP) is 3.15. The maximum atomic E-state index is 11.8. The van der Waals surface area contributed by atoms with Gasteiger partial charge in [-0.25, -0.2) is 9.59 Å². The Morgan fingerprint density at radius 2 is 1.46 bits per heavy atom. The van der Waals surface area contributed by atoms with Crippen LogP contribution in [0.3, 0.4) is 0 Å². The molecule has 0 aliphatic rings. The third kappa shape index (κ3) is 3.03. The SMILES string of the molecule is O=C(O)c1ccc(S(=O)(=O)O)c(-c2ccc3ccccc3c2)c1C(=O)O. The molecule has 3 aromatic rings. The lowest BCUT2D eigenvalue weighted by Gasteiger charge is -2.14. The molecule has 3 rings (SSSR count). The summed E-state index contributed by atoms with van der Waals surface area (Å²) < 4.78 is 33.0. The fourth-order valence-electron chi connectivity index (χ4n) is 2.83. The summed E-state index contributed by atoms with van der Waals surface area (Å²) in [5.41, 5.74) is -1.49. The summed E-state index contributed by atoms with van der Waals surface area (Å²) in [6.07, 6.45) is 0. The van der Waals surface area contributed by atoms with Gasteiger partial charge < -0.3 is 10.2 Å². The van der Waals surface area contributed by atoms with Crippen LogP contribution >= 0.6 is 0 Å². The Kier molecular flexibility index (Phi) is 4.23. The standard InChI is InChI=1S/C18H12O7S/c19-17(20)13-7-8-14(26(23,24)25)15(16(13)18(21)22)12-6-5-10-3-1-2-4-11(10)9-12/h1-9H,(H,19,20)(H,21,22)(H,23,24,25). The number of carboxylic acids is 2. The first-order chi connectivity index (χ1) is 12.2. The van der Waals surface area contributed by atoms with Crippen LogP contribution in [0, 0.1) is 0 Å². The first kappa shape index (κ1) is 17.6. The summed E-state index contributed by atoms with van der Waals surface area (Å²) >= 11 is 0. The second-order valence-electron chi connectivity index (χ2n) is 5.51. The van der Waals surface area contributed by atoms with Gasteiger partial charge in [-0.1, -0.05) is 36.4 Å². The average Bonchev–Trinajstić information content (AvgIpc) is 2.59. The van der Waals surface area contributed by atoms with Crippen molar-refractivity contribution in [1.82, 2.24) is 0 Å². The van der Waals surface area contributed by atoms with Gasteiger partial charge in [0, 0.05) is 5.56 Å². The first-order valence-corrected chi connectivity index (χ1v) is 8.74. The van der Waals surface area contributed by atoms with E-state index in [1.165, 1.54) is 12.1 Å². The largest absolute Gasteiger partial charge is 0.478 e. The normalized spacial score (nSPS) is 11.4. The molecule has 0 spiro atoms. The number of benzene rings is 3. The minimum Gasteiger partial charge on any atom is -0.478 e. The van der Waals surface area contributed by atoms with E-state index < -0.39 is 38.1 Å². The highest BCUT2D eigenvalue weighted by atomic mass is 32.2. The van der Waals surface area contributed by atoms with Crippen LogP contribution in [0.25, 0.3) is 21.9 Å². The van der Waals surface area contributed by atoms with Gasteiger partial charge in [0.05, 0.1) is 11.1 Å². The second kappa shape index (κ2) is 6.25. The highest BCUT2D eigenvalue weighted by Gasteiger charge is 2.28. The molecule has 7 nitrogen and oxygen atoms in total. The molecule has 26 heavy (non-hydrogen) atoms. The maximum Gasteiger partial charge on any atom is 0.337 e. The molecular weight excluding hydrogens is 360 g/mol. The monoisotopic (exact) mass is 372 g/mol. The topological polar surface area (TPSA) is 129 Å². The molecule has 0 saturated carbocycles. The van der Waals surface area contributed by atoms with Gasteiger partial charge in [0.1, 0.15) is 4.90 Å². The number of aromatic carboxylic acids is 2. The van der Waals surface area contributed by atoms with E-state index in [-0.39, 0.29) is 11.1 Å². The Hall–Kier alpha value is -3.23. The van der Waals surface area contributed by atoms with Crippen LogP contribution < -0.4 is 0 Å². The molecule has 0 bridgehead atoms. The molecule has 0 heterocycles. The van der Waals surface area contributed by atoms with Crippen LogP contribution in [0.5, 0.6) is 0 Å². The summed E-state index contributed by atoms with van der Waals surface area (Å²) in [5.74, 6) is -3.14. The molecule has 0 radical (unpaired) electrons. The molecule has 0 unspecified atom stereocenters. The van der Waals surface area contributed by atoms with Crippen molar-refractivity contribution in [3.63, 3.8) is 0 Å². The molecule has 0 aromatic heterocycles. The first-order valence-electron chi connectivity index (χ1n) is 7.30. The van der Waals surface area contributed by atoms with E-state index in [1.807, 2.05) is 6.07 Å². The van der Waals surface area contributed by atoms with Crippen LogP contribution in [0.15, 0.2) is 59.5 Å². The van der Waals surface area contributed by atoms with Gasteiger partial charge in [-0.2, -0.15) is 8.42 Å². The maximum absolute atomic E-state index is 11.8. The number of carbonyl (C=O) groups is 2. The smallest absolute Gasteiger partial charge is 0.337 e. The van der Waals surface area contributed by atoms with Crippen molar-refractivity contribution < 1.29 is 32.8 Å². The zero-order valence-corrected chi connectivity index (χ0v) is 13.9. The molecule has 8 heteroatoms. The van der Waals surface area contributed by atoms with Crippen LogP contribution in [-0.4, -0.2) is 35.1 Å². The average molecular weight is 372 g/mol. The molecule has 0 amide bonds. The quantitative estimate of drug-likeness (QED) is 0.600. The van der Waals surface area contributed by atoms with Crippen molar-refractivity contribution in [1.29, 1.82) is 0 Å². The minimum atomic E-state index is -4.79. The fourth-order valence-corrected chi connectivity index (χ4v) is 3.55. The second-order valence-corrected chi connectivity index (χ2v) is 6.90. The van der Waals surface area contributed by atoms with E-state index in [0.29, 0.717) is 5.39 Å². The van der Waals surface area contributed by atoms with Gasteiger partial charge in [-0.3, -0.25) is 4.55 Å². The molecule has 0 atom stereocenters. The van der Waals surface area contributed by atoms with Crippen molar-refractivity contribution in [2.24, 2.45) is 0 Å². The summed E-state index contributed by atoms with van der Waals surface area (Å²) in [6, 6.07) is 13.5. The van der Waals surface area contributed by atoms with E-state index in [4.69, 9.17) is 0 Å². The molecule has 3 N–H and O–H groups in total. The van der Waals surface area contributed by atoms with Crippen molar-refractivity contribution in [3.8, 4) is 11.1 Å². The Bertz CT molecular complexity index is 1160. The third-order valence-corrected chi connectivity index (χ3v) is 4.82. The highest BCUT2D eigenvalue weighted by molar-refractivity contribution is 7.86. The van der Waals surface area contributed by atoms with Gasteiger partial charge in [0.15, 0.2) is 0 Å². The molecule has 132 valence electrons. The molecule has 0 fully saturated rings. The lowest BCUT2D eigenvalue weighted by molar-refractivity contribution is 0.0652. The summed E-state index contributed by atoms with van der Waals surface area (Å²) in [7, 11) is -4.79. The Morgan fingerprint density at radius 3 is 2.04 bits per heavy atom. The van der Waals surface area contributed by atoms with E-state index >= 15 is 0 Å². The zero-order valence-electron chi connectivity index (χ0n) is 13.1. The van der Waals surface area contributed by atoms with Crippen molar-refractivity contribution in [2.75, 3.05) is 0 Å². The van der Waals surface area contributed by atoms with Gasteiger partial charge in [0.25, 0.3) is 10.1 Å². The molecule has 3 aromatic carbocycles. The zero-order chi connectivity index (χ0) is 19.1. The summed E-state index contributed by atoms with van der Waals surface area (Å²) in [5, 5.41) is 20.3. The van der Waals surface area contributed by atoms with E-state index in [0.717, 1.165) is 17.5 Å². The number of carboxylic acid groups (broad SMARTS) is 2. The van der Waals surface area contributed by atoms with Crippen LogP contribution in [0.4, 0.5) is 0 Å². The number of rotatable bonds is 4. The third-order valence-electron chi connectivity index (χ3n) is 3.93. The van der Waals surface area contributed by atoms with Gasteiger partial charge in [0.2, 0.25) is 0 Å². The Labute approximate surface area is 147 Å². The highest BCUT2D eigenvalue weighted by Crippen LogP contribution is 2.35. The number of hydrogen-bond donors (Lipinski definition) is 3. The molecular formula is C18H12O7S. The van der Waals surface area contributed by atoms with Crippen molar-refractivity contribution in [3.05, 3.63) is 65.7 Å². The molecule has 0 saturated heterocycles. The number of hydrogen-bond acceptors (Lipinski definition) is 4. The fraction of sp³-hybridized carbons (Fsp3) is 0. The van der Waals surface area contributed by atoms with E-state index in [9.17, 15) is 32.8 Å². The van der Waals surface area contributed by atoms with Gasteiger partial charge in [-0.15, -0.1) is 0 Å². The lowest BCUT2D eigenvalue weighted by atomic mass is 9.93. The predicted molar refractivity (Wildman–Crippen MR) is 93.1 cm³/mol. The minimum absolute atomic E-state index is 0.164. The summed E-state index contributed by atoms with van der Waals surface area (Å²) in [4.78, 5) is 22.5. The van der Waals surface area contributed by atoms with Gasteiger partial charge in [-0.05, 0) is 34.5 Å². The van der Waals surface area contributed by atoms with E-state index in [1.54, 1.807) is 24.3 Å². The van der Waals surface area contributed by atoms with Crippen LogP contribution in [0.2, 0.25) is 0 Å².